The van der Waals surface area contributed by atoms with Gasteiger partial charge in [0, 0.05) is 43.8 Å². The molecule has 4 nitrogen and oxygen atoms in total. The van der Waals surface area contributed by atoms with Crippen LogP contribution >= 0.6 is 0 Å². The number of hydrogen-bond acceptors (Lipinski definition) is 4. The van der Waals surface area contributed by atoms with Gasteiger partial charge < -0.3 is 18.4 Å². The summed E-state index contributed by atoms with van der Waals surface area (Å²) >= 11 is 0. The summed E-state index contributed by atoms with van der Waals surface area (Å²) in [5.74, 6) is 0. The summed E-state index contributed by atoms with van der Waals surface area (Å²) in [6.45, 7) is 32.3. The topological polar surface area (TPSA) is 58.9 Å². The smallest absolute Gasteiger partial charge is 0.329 e. The summed E-state index contributed by atoms with van der Waals surface area (Å²) in [6, 6.07) is 0. The molecule has 0 rings (SSSR count). The average Bonchev–Trinajstić information content (AvgIpc) is 2.00. The van der Waals surface area contributed by atoms with Crippen LogP contribution < -0.4 is 0 Å². The van der Waals surface area contributed by atoms with E-state index in [2.05, 4.69) is 39.3 Å². The molecule has 0 aliphatic carbocycles. The minimum atomic E-state index is -2.29. The molecule has 0 saturated carbocycles. The normalized spacial score (nSPS) is 12.0. The second-order valence-corrected chi connectivity index (χ2v) is 22.5. The molecule has 0 aliphatic rings. The first-order chi connectivity index (χ1) is 10.9. The van der Waals surface area contributed by atoms with Gasteiger partial charge in [-0.05, 0) is 67.7 Å². The van der Waals surface area contributed by atoms with Crippen LogP contribution in [-0.2, 0) is 35.1 Å². The molecular weight excluding hydrogens is 484 g/mol. The van der Waals surface area contributed by atoms with Crippen LogP contribution in [0.3, 0.4) is 0 Å². The molecule has 2 N–H and O–H groups in total. The Hall–Kier alpha value is 1.59. The molecule has 0 bridgehead atoms. The molecule has 166 valence electrons. The second kappa shape index (κ2) is 17.3. The molecule has 2 radical (unpaired) electrons. The molecule has 0 unspecified atom stereocenters. The summed E-state index contributed by atoms with van der Waals surface area (Å²) in [4.78, 5) is 18.5. The molecule has 0 aromatic heterocycles. The van der Waals surface area contributed by atoms with Crippen LogP contribution in [0.4, 0.5) is 0 Å². The maximum absolute atomic E-state index is 9.27. The van der Waals surface area contributed by atoms with E-state index in [1.54, 1.807) is 26.2 Å². The minimum Gasteiger partial charge on any atom is -0.411 e. The quantitative estimate of drug-likeness (QED) is 0.445. The van der Waals surface area contributed by atoms with Crippen molar-refractivity contribution >= 4 is 34.7 Å². The first-order valence-corrected chi connectivity index (χ1v) is 21.0. The van der Waals surface area contributed by atoms with Gasteiger partial charge >= 0.3 is 17.1 Å². The molecule has 0 aliphatic heterocycles. The maximum Gasteiger partial charge on any atom is 0.329 e. The Balaban J connectivity index is -0.0000000843. The van der Waals surface area contributed by atoms with E-state index < -0.39 is 17.1 Å². The van der Waals surface area contributed by atoms with Crippen molar-refractivity contribution in [1.29, 1.82) is 0 Å². The molecular formula is C18H50O4Si4Zr. The van der Waals surface area contributed by atoms with E-state index in [1.165, 1.54) is 0 Å². The Morgan fingerprint density at radius 1 is 0.556 bits per heavy atom. The van der Waals surface area contributed by atoms with E-state index in [9.17, 15) is 9.59 Å². The van der Waals surface area contributed by atoms with Gasteiger partial charge in [-0.3, -0.25) is 0 Å². The van der Waals surface area contributed by atoms with Gasteiger partial charge in [0.15, 0.2) is 0 Å². The van der Waals surface area contributed by atoms with Crippen molar-refractivity contribution in [3.8, 4) is 0 Å². The minimum absolute atomic E-state index is 0. The van der Waals surface area contributed by atoms with E-state index in [4.69, 9.17) is 8.85 Å². The van der Waals surface area contributed by atoms with Gasteiger partial charge in [0.25, 0.3) is 0 Å². The Kier molecular flexibility index (Phi) is 25.0. The standard InChI is InChI=1S/2C6H16O2Si.2C3H9Si.Zr/c2*1-6(2,3)8-9(4,5)7;2*1-4(2)3;/h2*7H,1-5H3;2*1-3H3;. The fourth-order valence-corrected chi connectivity index (χ4v) is 4.50. The van der Waals surface area contributed by atoms with E-state index in [0.29, 0.717) is 0 Å². The predicted molar refractivity (Wildman–Crippen MR) is 128 cm³/mol. The van der Waals surface area contributed by atoms with Crippen molar-refractivity contribution < 1.29 is 44.6 Å². The van der Waals surface area contributed by atoms with Crippen LogP contribution in [-0.4, -0.2) is 55.5 Å². The zero-order chi connectivity index (χ0) is 22.6. The zero-order valence-corrected chi connectivity index (χ0v) is 27.7. The fourth-order valence-electron chi connectivity index (χ4n) is 1.50. The van der Waals surface area contributed by atoms with Crippen molar-refractivity contribution in [3.63, 3.8) is 0 Å². The fraction of sp³-hybridized carbons (Fsp3) is 1.00. The van der Waals surface area contributed by atoms with Crippen LogP contribution in [0.5, 0.6) is 0 Å². The Morgan fingerprint density at radius 2 is 0.667 bits per heavy atom. The van der Waals surface area contributed by atoms with Gasteiger partial charge in [0.2, 0.25) is 0 Å². The Labute approximate surface area is 196 Å². The summed E-state index contributed by atoms with van der Waals surface area (Å²) in [6.07, 6.45) is 0. The second-order valence-electron chi connectivity index (χ2n) is 10.3. The SMILES string of the molecule is CC(C)(C)O[Si](C)(C)O.CC(C)(C)O[Si](C)(C)O.C[Si](C)C.C[Si](C)C.[Zr]. The third kappa shape index (κ3) is 97.8. The summed E-state index contributed by atoms with van der Waals surface area (Å²) in [5, 5.41) is 0. The van der Waals surface area contributed by atoms with Gasteiger partial charge in [-0.1, -0.05) is 39.3 Å². The Bertz CT molecular complexity index is 254. The molecule has 9 heteroatoms. The molecule has 0 aromatic rings. The average molecular weight is 534 g/mol. The van der Waals surface area contributed by atoms with Gasteiger partial charge in [0.05, 0.1) is 11.2 Å². The van der Waals surface area contributed by atoms with Crippen molar-refractivity contribution in [2.45, 2.75) is 118 Å². The van der Waals surface area contributed by atoms with E-state index in [1.807, 2.05) is 41.5 Å². The van der Waals surface area contributed by atoms with Gasteiger partial charge in [0.1, 0.15) is 0 Å². The first kappa shape index (κ1) is 39.1. The van der Waals surface area contributed by atoms with Crippen molar-refractivity contribution in [2.75, 3.05) is 0 Å². The van der Waals surface area contributed by atoms with Crippen molar-refractivity contribution in [1.82, 2.24) is 0 Å². The Morgan fingerprint density at radius 3 is 0.667 bits per heavy atom. The molecule has 0 aromatic carbocycles. The number of hydrogen-bond donors (Lipinski definition) is 2. The number of rotatable bonds is 2. The predicted octanol–water partition coefficient (Wildman–Crippen LogP) is 5.73. The van der Waals surface area contributed by atoms with Crippen LogP contribution in [0, 0.1) is 0 Å². The maximum atomic E-state index is 9.27. The van der Waals surface area contributed by atoms with Crippen LogP contribution in [0.25, 0.3) is 0 Å². The molecule has 0 fully saturated rings. The zero-order valence-electron chi connectivity index (χ0n) is 21.2. The van der Waals surface area contributed by atoms with Crippen LogP contribution in [0.2, 0.25) is 65.5 Å². The molecule has 0 amide bonds. The van der Waals surface area contributed by atoms with E-state index in [0.717, 1.165) is 0 Å². The van der Waals surface area contributed by atoms with Crippen molar-refractivity contribution in [2.24, 2.45) is 0 Å². The van der Waals surface area contributed by atoms with Crippen molar-refractivity contribution in [3.05, 3.63) is 0 Å². The molecule has 0 saturated heterocycles. The monoisotopic (exact) mass is 532 g/mol. The van der Waals surface area contributed by atoms with Gasteiger partial charge in [-0.15, -0.1) is 0 Å². The summed E-state index contributed by atoms with van der Waals surface area (Å²) in [5.41, 5.74) is -0.408. The summed E-state index contributed by atoms with van der Waals surface area (Å²) in [7, 11) is -4.34. The van der Waals surface area contributed by atoms with Gasteiger partial charge in [-0.2, -0.15) is 0 Å². The summed E-state index contributed by atoms with van der Waals surface area (Å²) < 4.78 is 10.6. The van der Waals surface area contributed by atoms with Crippen LogP contribution in [0.1, 0.15) is 41.5 Å². The van der Waals surface area contributed by atoms with Crippen LogP contribution in [0.15, 0.2) is 0 Å². The van der Waals surface area contributed by atoms with E-state index in [-0.39, 0.29) is 55.0 Å². The third-order valence-corrected chi connectivity index (χ3v) is 3.34. The third-order valence-electron chi connectivity index (χ3n) is 1.11. The largest absolute Gasteiger partial charge is 0.411 e. The molecule has 27 heavy (non-hydrogen) atoms. The molecule has 0 heterocycles. The van der Waals surface area contributed by atoms with E-state index >= 15 is 0 Å². The van der Waals surface area contributed by atoms with Gasteiger partial charge in [-0.25, -0.2) is 0 Å². The molecule has 0 spiro atoms. The first-order valence-electron chi connectivity index (χ1n) is 9.26. The molecule has 0 atom stereocenters.